The highest BCUT2D eigenvalue weighted by Crippen LogP contribution is 2.38. The minimum absolute atomic E-state index is 0.0106. The van der Waals surface area contributed by atoms with Crippen LogP contribution in [0.2, 0.25) is 0 Å². The Bertz CT molecular complexity index is 780. The Morgan fingerprint density at radius 1 is 1.00 bits per heavy atom. The largest absolute Gasteiger partial charge is 0.478 e. The monoisotopic (exact) mass is 281 g/mol. The fraction of sp³-hybridized carbons (Fsp3) is 0.0625. The summed E-state index contributed by atoms with van der Waals surface area (Å²) in [4.78, 5) is 36.7. The summed E-state index contributed by atoms with van der Waals surface area (Å²) in [5.74, 6) is -2.45. The average Bonchev–Trinajstić information content (AvgIpc) is 2.72. The van der Waals surface area contributed by atoms with Gasteiger partial charge in [-0.2, -0.15) is 0 Å². The minimum atomic E-state index is -1.13. The Hall–Kier alpha value is -2.95. The van der Waals surface area contributed by atoms with E-state index in [9.17, 15) is 19.5 Å². The van der Waals surface area contributed by atoms with E-state index < -0.39 is 17.7 Å². The molecule has 21 heavy (non-hydrogen) atoms. The molecular weight excluding hydrogens is 270 g/mol. The highest BCUT2D eigenvalue weighted by Gasteiger charge is 2.37. The Morgan fingerprint density at radius 3 is 2.29 bits per heavy atom. The zero-order chi connectivity index (χ0) is 15.1. The molecule has 1 aliphatic rings. The van der Waals surface area contributed by atoms with E-state index in [1.807, 2.05) is 0 Å². The fourth-order valence-corrected chi connectivity index (χ4v) is 2.55. The predicted molar refractivity (Wildman–Crippen MR) is 76.6 cm³/mol. The molecule has 0 bridgehead atoms. The van der Waals surface area contributed by atoms with E-state index in [0.717, 1.165) is 0 Å². The molecule has 2 aromatic rings. The minimum Gasteiger partial charge on any atom is -0.478 e. The number of fused-ring (bicyclic) bond motifs is 1. The molecule has 104 valence electrons. The van der Waals surface area contributed by atoms with Crippen LogP contribution in [0.15, 0.2) is 42.5 Å². The van der Waals surface area contributed by atoms with Crippen molar-refractivity contribution >= 4 is 23.3 Å². The second-order valence-electron chi connectivity index (χ2n) is 4.75. The molecule has 1 amide bonds. The van der Waals surface area contributed by atoms with Crippen LogP contribution in [0.4, 0.5) is 5.69 Å². The van der Waals surface area contributed by atoms with E-state index in [4.69, 9.17) is 0 Å². The Labute approximate surface area is 120 Å². The molecule has 1 N–H and O–H groups in total. The SMILES string of the molecule is CN1C(=O)C(=O)c2c1ccc(C(=O)O)c2-c1ccccc1. The first-order chi connectivity index (χ1) is 10.0. The summed E-state index contributed by atoms with van der Waals surface area (Å²) in [6.45, 7) is 0. The van der Waals surface area contributed by atoms with Gasteiger partial charge in [-0.05, 0) is 17.7 Å². The van der Waals surface area contributed by atoms with E-state index in [1.165, 1.54) is 24.1 Å². The molecule has 0 saturated carbocycles. The van der Waals surface area contributed by atoms with Crippen molar-refractivity contribution < 1.29 is 19.5 Å². The molecule has 1 heterocycles. The maximum atomic E-state index is 12.2. The lowest BCUT2D eigenvalue weighted by Gasteiger charge is -2.13. The number of likely N-dealkylation sites (N-methyl/N-ethyl adjacent to an activating group) is 1. The second-order valence-corrected chi connectivity index (χ2v) is 4.75. The number of aromatic carboxylic acids is 1. The lowest BCUT2D eigenvalue weighted by atomic mass is 9.92. The number of anilines is 1. The normalized spacial score (nSPS) is 13.5. The molecule has 0 saturated heterocycles. The maximum Gasteiger partial charge on any atom is 0.336 e. The van der Waals surface area contributed by atoms with Gasteiger partial charge in [-0.1, -0.05) is 30.3 Å². The lowest BCUT2D eigenvalue weighted by molar-refractivity contribution is -0.114. The molecule has 5 nitrogen and oxygen atoms in total. The highest BCUT2D eigenvalue weighted by molar-refractivity contribution is 6.53. The number of hydrogen-bond acceptors (Lipinski definition) is 3. The summed E-state index contributed by atoms with van der Waals surface area (Å²) in [5.41, 5.74) is 1.50. The van der Waals surface area contributed by atoms with Gasteiger partial charge in [-0.25, -0.2) is 4.79 Å². The number of rotatable bonds is 2. The molecule has 0 radical (unpaired) electrons. The van der Waals surface area contributed by atoms with Crippen LogP contribution in [0.5, 0.6) is 0 Å². The van der Waals surface area contributed by atoms with E-state index in [2.05, 4.69) is 0 Å². The van der Waals surface area contributed by atoms with Crippen LogP contribution in [0.3, 0.4) is 0 Å². The number of carboxylic acid groups (broad SMARTS) is 1. The summed E-state index contributed by atoms with van der Waals surface area (Å²) in [5, 5.41) is 9.37. The third-order valence-corrected chi connectivity index (χ3v) is 3.56. The number of amides is 1. The predicted octanol–water partition coefficient (Wildman–Crippen LogP) is 2.21. The highest BCUT2D eigenvalue weighted by atomic mass is 16.4. The van der Waals surface area contributed by atoms with Crippen molar-refractivity contribution in [2.45, 2.75) is 0 Å². The quantitative estimate of drug-likeness (QED) is 0.856. The number of Topliss-reactive ketones (excluding diaryl/α,β-unsaturated/α-hetero) is 1. The molecular formula is C16H11NO4. The molecule has 0 spiro atoms. The van der Waals surface area contributed by atoms with Crippen molar-refractivity contribution in [2.75, 3.05) is 11.9 Å². The molecule has 0 fully saturated rings. The first-order valence-corrected chi connectivity index (χ1v) is 6.30. The van der Waals surface area contributed by atoms with Crippen LogP contribution in [-0.4, -0.2) is 29.8 Å². The van der Waals surface area contributed by atoms with Crippen LogP contribution < -0.4 is 4.90 Å². The first kappa shape index (κ1) is 13.1. The molecule has 5 heteroatoms. The van der Waals surface area contributed by atoms with Gasteiger partial charge in [-0.3, -0.25) is 9.59 Å². The topological polar surface area (TPSA) is 74.7 Å². The molecule has 1 aliphatic heterocycles. The number of carbonyl (C=O) groups excluding carboxylic acids is 2. The Balaban J connectivity index is 2.39. The summed E-state index contributed by atoms with van der Waals surface area (Å²) >= 11 is 0. The average molecular weight is 281 g/mol. The van der Waals surface area contributed by atoms with Gasteiger partial charge < -0.3 is 10.0 Å². The fourth-order valence-electron chi connectivity index (χ4n) is 2.55. The second kappa shape index (κ2) is 4.56. The third-order valence-electron chi connectivity index (χ3n) is 3.56. The van der Waals surface area contributed by atoms with Crippen molar-refractivity contribution in [3.05, 3.63) is 53.6 Å². The smallest absolute Gasteiger partial charge is 0.336 e. The van der Waals surface area contributed by atoms with Crippen molar-refractivity contribution in [1.29, 1.82) is 0 Å². The maximum absolute atomic E-state index is 12.2. The van der Waals surface area contributed by atoms with Gasteiger partial charge in [0.15, 0.2) is 0 Å². The van der Waals surface area contributed by atoms with E-state index in [0.29, 0.717) is 16.8 Å². The molecule has 2 aromatic carbocycles. The van der Waals surface area contributed by atoms with Crippen molar-refractivity contribution in [2.24, 2.45) is 0 Å². The number of carbonyl (C=O) groups is 3. The first-order valence-electron chi connectivity index (χ1n) is 6.30. The number of benzene rings is 2. The third kappa shape index (κ3) is 1.82. The lowest BCUT2D eigenvalue weighted by Crippen LogP contribution is -2.24. The standard InChI is InChI=1S/C16H11NO4/c1-17-11-8-7-10(16(20)21)12(9-5-3-2-4-6-9)13(11)14(18)15(17)19/h2-8H,1H3,(H,20,21). The van der Waals surface area contributed by atoms with E-state index in [1.54, 1.807) is 30.3 Å². The van der Waals surface area contributed by atoms with Crippen LogP contribution >= 0.6 is 0 Å². The van der Waals surface area contributed by atoms with Crippen LogP contribution in [0, 0.1) is 0 Å². The Kier molecular flexibility index (Phi) is 2.83. The van der Waals surface area contributed by atoms with Gasteiger partial charge in [0.25, 0.3) is 11.7 Å². The van der Waals surface area contributed by atoms with Crippen molar-refractivity contribution in [3.63, 3.8) is 0 Å². The van der Waals surface area contributed by atoms with Gasteiger partial charge in [0.2, 0.25) is 0 Å². The van der Waals surface area contributed by atoms with Crippen LogP contribution in [0.1, 0.15) is 20.7 Å². The summed E-state index contributed by atoms with van der Waals surface area (Å²) in [6.07, 6.45) is 0. The van der Waals surface area contributed by atoms with Gasteiger partial charge in [0, 0.05) is 12.6 Å². The zero-order valence-electron chi connectivity index (χ0n) is 11.2. The van der Waals surface area contributed by atoms with Crippen LogP contribution in [0.25, 0.3) is 11.1 Å². The summed E-state index contributed by atoms with van der Waals surface area (Å²) in [6, 6.07) is 11.7. The van der Waals surface area contributed by atoms with Gasteiger partial charge in [-0.15, -0.1) is 0 Å². The Morgan fingerprint density at radius 2 is 1.67 bits per heavy atom. The van der Waals surface area contributed by atoms with E-state index >= 15 is 0 Å². The van der Waals surface area contributed by atoms with Gasteiger partial charge >= 0.3 is 5.97 Å². The number of hydrogen-bond donors (Lipinski definition) is 1. The molecule has 0 aromatic heterocycles. The van der Waals surface area contributed by atoms with Crippen molar-refractivity contribution in [1.82, 2.24) is 0 Å². The molecule has 0 aliphatic carbocycles. The van der Waals surface area contributed by atoms with Gasteiger partial charge in [0.05, 0.1) is 16.8 Å². The van der Waals surface area contributed by atoms with Gasteiger partial charge in [0.1, 0.15) is 0 Å². The molecule has 0 unspecified atom stereocenters. The van der Waals surface area contributed by atoms with E-state index in [-0.39, 0.29) is 11.1 Å². The number of nitrogens with zero attached hydrogens (tertiary/aromatic N) is 1. The number of ketones is 1. The summed E-state index contributed by atoms with van der Waals surface area (Å²) < 4.78 is 0. The van der Waals surface area contributed by atoms with Crippen LogP contribution in [-0.2, 0) is 4.79 Å². The molecule has 3 rings (SSSR count). The zero-order valence-corrected chi connectivity index (χ0v) is 11.2. The van der Waals surface area contributed by atoms with Crippen molar-refractivity contribution in [3.8, 4) is 11.1 Å². The number of carboxylic acids is 1. The summed E-state index contributed by atoms with van der Waals surface area (Å²) in [7, 11) is 1.50. The molecule has 0 atom stereocenters.